The lowest BCUT2D eigenvalue weighted by Crippen LogP contribution is -2.12. The predicted octanol–water partition coefficient (Wildman–Crippen LogP) is 5.18. The number of ether oxygens (including phenoxy) is 3. The molecule has 8 heteroatoms. The number of rotatable bonds is 6. The minimum Gasteiger partial charge on any atom is -0.497 e. The number of fused-ring (bicyclic) bond motifs is 1. The van der Waals surface area contributed by atoms with E-state index in [1.54, 1.807) is 33.7 Å². The van der Waals surface area contributed by atoms with Crippen LogP contribution in [0.15, 0.2) is 77.5 Å². The summed E-state index contributed by atoms with van der Waals surface area (Å²) in [7, 11) is 5.04. The number of carbonyl (C=O) groups is 1. The summed E-state index contributed by atoms with van der Waals surface area (Å²) in [4.78, 5) is 15.1. The van der Waals surface area contributed by atoms with Crippen molar-refractivity contribution in [2.45, 2.75) is 6.42 Å². The van der Waals surface area contributed by atoms with Gasteiger partial charge in [-0.2, -0.15) is 5.26 Å². The molecule has 1 amide bonds. The van der Waals surface area contributed by atoms with Crippen LogP contribution in [0.4, 0.5) is 0 Å². The van der Waals surface area contributed by atoms with Crippen molar-refractivity contribution in [3.8, 4) is 28.7 Å². The van der Waals surface area contributed by atoms with E-state index in [0.29, 0.717) is 23.8 Å². The van der Waals surface area contributed by atoms with Crippen LogP contribution >= 0.6 is 0 Å². The van der Waals surface area contributed by atoms with E-state index in [9.17, 15) is 10.1 Å². The SMILES string of the molecule is CN(C)C=O.COc1ccccc1.N#Cc1cc(-c2ccnc3ccoc23)ccc1OCC1CCOC1. The van der Waals surface area contributed by atoms with Gasteiger partial charge in [0.2, 0.25) is 6.41 Å². The zero-order chi connectivity index (χ0) is 26.5. The number of hydrogen-bond acceptors (Lipinski definition) is 7. The second-order valence-corrected chi connectivity index (χ2v) is 8.44. The Morgan fingerprint density at radius 1 is 1.16 bits per heavy atom. The molecule has 0 radical (unpaired) electrons. The molecule has 1 fully saturated rings. The van der Waals surface area contributed by atoms with Crippen LogP contribution in [0.3, 0.4) is 0 Å². The van der Waals surface area contributed by atoms with E-state index in [-0.39, 0.29) is 0 Å². The summed E-state index contributed by atoms with van der Waals surface area (Å²) in [5, 5.41) is 9.46. The quantitative estimate of drug-likeness (QED) is 0.336. The van der Waals surface area contributed by atoms with Gasteiger partial charge in [0.15, 0.2) is 5.58 Å². The smallest absolute Gasteiger partial charge is 0.209 e. The van der Waals surface area contributed by atoms with Gasteiger partial charge in [0.1, 0.15) is 23.1 Å². The van der Waals surface area contributed by atoms with Crippen molar-refractivity contribution >= 4 is 17.5 Å². The van der Waals surface area contributed by atoms with E-state index in [4.69, 9.17) is 18.6 Å². The maximum absolute atomic E-state index is 9.46. The van der Waals surface area contributed by atoms with Crippen molar-refractivity contribution in [3.05, 3.63) is 78.7 Å². The number of pyridine rings is 1. The molecule has 4 aromatic rings. The molecule has 8 nitrogen and oxygen atoms in total. The lowest BCUT2D eigenvalue weighted by atomic mass is 10.0. The highest BCUT2D eigenvalue weighted by Gasteiger charge is 2.17. The molecule has 2 aromatic carbocycles. The first-order chi connectivity index (χ1) is 18.0. The van der Waals surface area contributed by atoms with Crippen molar-refractivity contribution in [1.29, 1.82) is 5.26 Å². The summed E-state index contributed by atoms with van der Waals surface area (Å²) < 4.78 is 21.6. The topological polar surface area (TPSA) is 97.8 Å². The van der Waals surface area contributed by atoms with Crippen LogP contribution in [0, 0.1) is 17.2 Å². The van der Waals surface area contributed by atoms with Gasteiger partial charge in [-0.3, -0.25) is 9.78 Å². The molecule has 5 rings (SSSR count). The van der Waals surface area contributed by atoms with Gasteiger partial charge in [0, 0.05) is 44.4 Å². The fraction of sp³-hybridized carbons (Fsp3) is 0.276. The van der Waals surface area contributed by atoms with E-state index >= 15 is 0 Å². The van der Waals surface area contributed by atoms with Crippen molar-refractivity contribution in [1.82, 2.24) is 9.88 Å². The van der Waals surface area contributed by atoms with Gasteiger partial charge < -0.3 is 23.5 Å². The molecule has 0 N–H and O–H groups in total. The average molecular weight is 502 g/mol. The number of amides is 1. The normalized spacial score (nSPS) is 13.8. The van der Waals surface area contributed by atoms with E-state index in [2.05, 4.69) is 11.1 Å². The van der Waals surface area contributed by atoms with Gasteiger partial charge >= 0.3 is 0 Å². The van der Waals surface area contributed by atoms with Gasteiger partial charge in [-0.25, -0.2) is 0 Å². The third kappa shape index (κ3) is 8.09. The minimum atomic E-state index is 0.402. The number of benzene rings is 2. The molecule has 2 aromatic heterocycles. The van der Waals surface area contributed by atoms with Crippen molar-refractivity contribution in [2.75, 3.05) is 41.0 Å². The number of nitrogens with zero attached hydrogens (tertiary/aromatic N) is 3. The number of aromatic nitrogens is 1. The molecule has 1 aliphatic rings. The minimum absolute atomic E-state index is 0.402. The fourth-order valence-electron chi connectivity index (χ4n) is 3.49. The Hall–Kier alpha value is -4.35. The Balaban J connectivity index is 0.000000242. The number of hydrogen-bond donors (Lipinski definition) is 0. The first-order valence-corrected chi connectivity index (χ1v) is 11.8. The molecular weight excluding hydrogens is 470 g/mol. The van der Waals surface area contributed by atoms with Gasteiger partial charge in [-0.15, -0.1) is 0 Å². The Morgan fingerprint density at radius 3 is 2.57 bits per heavy atom. The van der Waals surface area contributed by atoms with Crippen LogP contribution < -0.4 is 9.47 Å². The summed E-state index contributed by atoms with van der Waals surface area (Å²) in [6.07, 6.45) is 5.12. The Kier molecular flexibility index (Phi) is 10.5. The van der Waals surface area contributed by atoms with Crippen LogP contribution in [0.2, 0.25) is 0 Å². The van der Waals surface area contributed by atoms with Crippen LogP contribution in [0.25, 0.3) is 22.2 Å². The lowest BCUT2D eigenvalue weighted by Gasteiger charge is -2.12. The predicted molar refractivity (Wildman–Crippen MR) is 141 cm³/mol. The number of nitriles is 1. The molecule has 0 saturated carbocycles. The van der Waals surface area contributed by atoms with Crippen LogP contribution in [0.1, 0.15) is 12.0 Å². The molecule has 1 atom stereocenters. The zero-order valence-corrected chi connectivity index (χ0v) is 21.3. The van der Waals surface area contributed by atoms with Crippen molar-refractivity contribution in [3.63, 3.8) is 0 Å². The second-order valence-electron chi connectivity index (χ2n) is 8.44. The number of furan rings is 1. The number of carbonyl (C=O) groups excluding carboxylic acids is 1. The van der Waals surface area contributed by atoms with Crippen LogP contribution in [-0.4, -0.2) is 57.3 Å². The summed E-state index contributed by atoms with van der Waals surface area (Å²) in [5.74, 6) is 1.92. The van der Waals surface area contributed by atoms with Crippen LogP contribution in [-0.2, 0) is 9.53 Å². The molecule has 192 valence electrons. The van der Waals surface area contributed by atoms with Gasteiger partial charge in [-0.05, 0) is 42.3 Å². The standard InChI is InChI=1S/C19H16N2O3.C7H8O.C3H7NO/c20-10-15-9-14(16-3-6-21-17-5-8-23-19(16)17)1-2-18(15)24-12-13-4-7-22-11-13;1-8-7-5-3-2-4-6-7;1-4(2)3-5/h1-3,5-6,8-9,13H,4,7,11-12H2;2-6H,1H3;3H,1-2H3. The Labute approximate surface area is 217 Å². The second kappa shape index (κ2) is 14.3. The molecule has 3 heterocycles. The van der Waals surface area contributed by atoms with Gasteiger partial charge in [0.05, 0.1) is 32.2 Å². The molecule has 1 saturated heterocycles. The average Bonchev–Trinajstić information content (AvgIpc) is 3.65. The highest BCUT2D eigenvalue weighted by atomic mass is 16.5. The van der Waals surface area contributed by atoms with E-state index in [0.717, 1.165) is 54.0 Å². The third-order valence-electron chi connectivity index (χ3n) is 5.44. The monoisotopic (exact) mass is 501 g/mol. The summed E-state index contributed by atoms with van der Waals surface area (Å²) in [5.41, 5.74) is 3.86. The number of para-hydroxylation sites is 1. The largest absolute Gasteiger partial charge is 0.497 e. The maximum Gasteiger partial charge on any atom is 0.209 e. The van der Waals surface area contributed by atoms with Crippen molar-refractivity contribution in [2.24, 2.45) is 5.92 Å². The summed E-state index contributed by atoms with van der Waals surface area (Å²) in [6.45, 7) is 2.10. The molecule has 0 spiro atoms. The van der Waals surface area contributed by atoms with E-state index < -0.39 is 0 Å². The first kappa shape index (κ1) is 27.2. The van der Waals surface area contributed by atoms with Crippen LogP contribution in [0.5, 0.6) is 11.5 Å². The zero-order valence-electron chi connectivity index (χ0n) is 21.3. The van der Waals surface area contributed by atoms with Gasteiger partial charge in [-0.1, -0.05) is 24.3 Å². The van der Waals surface area contributed by atoms with E-state index in [1.165, 1.54) is 4.90 Å². The Bertz CT molecular complexity index is 1290. The third-order valence-corrected chi connectivity index (χ3v) is 5.44. The van der Waals surface area contributed by atoms with E-state index in [1.807, 2.05) is 60.7 Å². The number of methoxy groups -OCH3 is 1. The molecule has 0 aliphatic carbocycles. The maximum atomic E-state index is 9.46. The highest BCUT2D eigenvalue weighted by molar-refractivity contribution is 5.90. The molecule has 37 heavy (non-hydrogen) atoms. The summed E-state index contributed by atoms with van der Waals surface area (Å²) in [6, 6.07) is 21.2. The molecule has 1 aliphatic heterocycles. The molecule has 0 bridgehead atoms. The highest BCUT2D eigenvalue weighted by Crippen LogP contribution is 2.31. The first-order valence-electron chi connectivity index (χ1n) is 11.8. The molecular formula is C29H31N3O5. The lowest BCUT2D eigenvalue weighted by molar-refractivity contribution is -0.115. The van der Waals surface area contributed by atoms with Gasteiger partial charge in [0.25, 0.3) is 0 Å². The summed E-state index contributed by atoms with van der Waals surface area (Å²) >= 11 is 0. The molecule has 1 unspecified atom stereocenters. The fourth-order valence-corrected chi connectivity index (χ4v) is 3.49. The Morgan fingerprint density at radius 2 is 1.95 bits per heavy atom. The van der Waals surface area contributed by atoms with Crippen molar-refractivity contribution < 1.29 is 23.4 Å².